The van der Waals surface area contributed by atoms with E-state index in [9.17, 15) is 9.59 Å². The van der Waals surface area contributed by atoms with Crippen LogP contribution in [0.15, 0.2) is 41.2 Å². The minimum atomic E-state index is -0.171. The second-order valence-corrected chi connectivity index (χ2v) is 9.46. The highest BCUT2D eigenvalue weighted by atomic mass is 16.1. The van der Waals surface area contributed by atoms with Crippen LogP contribution >= 0.6 is 0 Å². The smallest absolute Gasteiger partial charge is 0.261 e. The van der Waals surface area contributed by atoms with Crippen LogP contribution < -0.4 is 10.9 Å². The summed E-state index contributed by atoms with van der Waals surface area (Å²) >= 11 is 0. The van der Waals surface area contributed by atoms with Gasteiger partial charge < -0.3 is 5.32 Å². The molecule has 0 bridgehead atoms. The van der Waals surface area contributed by atoms with E-state index < -0.39 is 0 Å². The van der Waals surface area contributed by atoms with Crippen LogP contribution in [0, 0.1) is 0 Å². The zero-order chi connectivity index (χ0) is 22.8. The molecule has 0 saturated heterocycles. The first kappa shape index (κ1) is 22.3. The Morgan fingerprint density at radius 1 is 0.969 bits per heavy atom. The molecule has 1 aliphatic heterocycles. The molecule has 32 heavy (non-hydrogen) atoms. The quantitative estimate of drug-likeness (QED) is 0.550. The van der Waals surface area contributed by atoms with E-state index >= 15 is 0 Å². The van der Waals surface area contributed by atoms with Crippen molar-refractivity contribution in [2.75, 3.05) is 5.32 Å². The average Bonchev–Trinajstić information content (AvgIpc) is 2.74. The molecule has 2 aromatic carbocycles. The van der Waals surface area contributed by atoms with Crippen molar-refractivity contribution in [2.24, 2.45) is 0 Å². The van der Waals surface area contributed by atoms with Crippen molar-refractivity contribution in [2.45, 2.75) is 78.2 Å². The molecule has 4 rings (SSSR count). The fraction of sp³-hybridized carbons (Fsp3) is 0.444. The number of carbonyl (C=O) groups is 1. The molecule has 0 unspecified atom stereocenters. The summed E-state index contributed by atoms with van der Waals surface area (Å²) in [6.07, 6.45) is 5.18. The average molecular weight is 432 g/mol. The first-order valence-corrected chi connectivity index (χ1v) is 11.8. The molecular formula is C27H33N3O2. The van der Waals surface area contributed by atoms with Gasteiger partial charge in [0.1, 0.15) is 5.82 Å². The fourth-order valence-corrected chi connectivity index (χ4v) is 4.62. The number of hydrogen-bond donors (Lipinski definition) is 1. The van der Waals surface area contributed by atoms with Crippen LogP contribution in [0.5, 0.6) is 0 Å². The number of nitrogens with one attached hydrogen (secondary N) is 1. The highest BCUT2D eigenvalue weighted by molar-refractivity contribution is 6.06. The predicted molar refractivity (Wildman–Crippen MR) is 131 cm³/mol. The maximum Gasteiger partial charge on any atom is 0.261 e. The molecule has 0 aliphatic carbocycles. The number of fused-ring (bicyclic) bond motifs is 2. The van der Waals surface area contributed by atoms with E-state index in [4.69, 9.17) is 4.98 Å². The number of aromatic nitrogens is 2. The van der Waals surface area contributed by atoms with Crippen molar-refractivity contribution in [1.29, 1.82) is 0 Å². The summed E-state index contributed by atoms with van der Waals surface area (Å²) in [4.78, 5) is 31.1. The second-order valence-electron chi connectivity index (χ2n) is 9.46. The van der Waals surface area contributed by atoms with E-state index in [0.717, 1.165) is 54.9 Å². The molecule has 1 N–H and O–H groups in total. The molecular weight excluding hydrogens is 398 g/mol. The first-order chi connectivity index (χ1) is 15.4. The maximum atomic E-state index is 13.3. The van der Waals surface area contributed by atoms with Crippen molar-refractivity contribution in [3.63, 3.8) is 0 Å². The van der Waals surface area contributed by atoms with E-state index in [-0.39, 0.29) is 11.5 Å². The lowest BCUT2D eigenvalue weighted by Gasteiger charge is -2.20. The molecule has 5 nitrogen and oxygen atoms in total. The van der Waals surface area contributed by atoms with Crippen molar-refractivity contribution in [3.8, 4) is 0 Å². The lowest BCUT2D eigenvalue weighted by atomic mass is 9.92. The zero-order valence-corrected chi connectivity index (χ0v) is 19.6. The third kappa shape index (κ3) is 4.34. The van der Waals surface area contributed by atoms with Gasteiger partial charge >= 0.3 is 0 Å². The summed E-state index contributed by atoms with van der Waals surface area (Å²) in [5.41, 5.74) is 4.29. The van der Waals surface area contributed by atoms with Gasteiger partial charge in [0.2, 0.25) is 0 Å². The number of anilines is 1. The Labute approximate surface area is 189 Å². The van der Waals surface area contributed by atoms with Crippen LogP contribution in [0.25, 0.3) is 10.9 Å². The number of rotatable bonds is 4. The molecule has 0 fully saturated rings. The van der Waals surface area contributed by atoms with Crippen LogP contribution in [0.1, 0.15) is 92.5 Å². The van der Waals surface area contributed by atoms with Gasteiger partial charge in [-0.3, -0.25) is 14.2 Å². The fourth-order valence-electron chi connectivity index (χ4n) is 4.62. The summed E-state index contributed by atoms with van der Waals surface area (Å²) in [6, 6.07) is 11.5. The number of para-hydroxylation sites is 1. The van der Waals surface area contributed by atoms with E-state index in [1.165, 1.54) is 6.42 Å². The monoisotopic (exact) mass is 431 g/mol. The van der Waals surface area contributed by atoms with Gasteiger partial charge in [0.05, 0.1) is 10.9 Å². The summed E-state index contributed by atoms with van der Waals surface area (Å²) in [6.45, 7) is 9.27. The third-order valence-corrected chi connectivity index (χ3v) is 6.44. The molecule has 0 radical (unpaired) electrons. The molecule has 0 saturated carbocycles. The Morgan fingerprint density at radius 2 is 1.66 bits per heavy atom. The van der Waals surface area contributed by atoms with E-state index in [2.05, 4.69) is 51.2 Å². The number of amides is 1. The van der Waals surface area contributed by atoms with Gasteiger partial charge in [-0.25, -0.2) is 4.98 Å². The van der Waals surface area contributed by atoms with Gasteiger partial charge in [-0.15, -0.1) is 0 Å². The number of nitrogens with zero attached hydrogens (tertiary/aromatic N) is 2. The number of benzene rings is 2. The van der Waals surface area contributed by atoms with Gasteiger partial charge in [0.15, 0.2) is 0 Å². The molecule has 2 heterocycles. The van der Waals surface area contributed by atoms with Crippen LogP contribution in [-0.4, -0.2) is 15.5 Å². The Bertz CT molecular complexity index is 1180. The number of aryl methyl sites for hydroxylation is 1. The second kappa shape index (κ2) is 9.27. The van der Waals surface area contributed by atoms with Crippen LogP contribution in [0.3, 0.4) is 0 Å². The Kier molecular flexibility index (Phi) is 6.45. The lowest BCUT2D eigenvalue weighted by molar-refractivity contribution is 0.102. The molecule has 0 atom stereocenters. The van der Waals surface area contributed by atoms with Crippen LogP contribution in [0.4, 0.5) is 5.69 Å². The van der Waals surface area contributed by atoms with Gasteiger partial charge in [-0.05, 0) is 54.0 Å². The van der Waals surface area contributed by atoms with E-state index in [1.54, 1.807) is 18.2 Å². The van der Waals surface area contributed by atoms with Crippen molar-refractivity contribution in [1.82, 2.24) is 9.55 Å². The SMILES string of the molecule is CC(C)c1cccc(C(C)C)c1NC(=O)c1ccc2c(=O)n3c(nc2c1)CCCCCC3. The summed E-state index contributed by atoms with van der Waals surface area (Å²) < 4.78 is 1.83. The summed E-state index contributed by atoms with van der Waals surface area (Å²) in [5.74, 6) is 1.26. The predicted octanol–water partition coefficient (Wildman–Crippen LogP) is 6.01. The maximum absolute atomic E-state index is 13.3. The highest BCUT2D eigenvalue weighted by Crippen LogP contribution is 2.32. The summed E-state index contributed by atoms with van der Waals surface area (Å²) in [5, 5.41) is 3.75. The van der Waals surface area contributed by atoms with Crippen molar-refractivity contribution >= 4 is 22.5 Å². The van der Waals surface area contributed by atoms with Gasteiger partial charge in [0.25, 0.3) is 11.5 Å². The molecule has 168 valence electrons. The minimum Gasteiger partial charge on any atom is -0.321 e. The van der Waals surface area contributed by atoms with Crippen LogP contribution in [-0.2, 0) is 13.0 Å². The first-order valence-electron chi connectivity index (χ1n) is 11.8. The Hall–Kier alpha value is -2.95. The largest absolute Gasteiger partial charge is 0.321 e. The molecule has 1 amide bonds. The van der Waals surface area contributed by atoms with Gasteiger partial charge in [-0.1, -0.05) is 58.7 Å². The normalized spacial score (nSPS) is 14.3. The third-order valence-electron chi connectivity index (χ3n) is 6.44. The molecule has 1 aromatic heterocycles. The zero-order valence-electron chi connectivity index (χ0n) is 19.6. The number of carbonyl (C=O) groups excluding carboxylic acids is 1. The van der Waals surface area contributed by atoms with Gasteiger partial charge in [0, 0.05) is 24.2 Å². The lowest BCUT2D eigenvalue weighted by Crippen LogP contribution is -2.26. The molecule has 0 spiro atoms. The Balaban J connectivity index is 1.73. The molecule has 5 heteroatoms. The van der Waals surface area contributed by atoms with Crippen LogP contribution in [0.2, 0.25) is 0 Å². The standard InChI is InChI=1S/C27H33N3O2/c1-17(2)20-10-9-11-21(18(3)4)25(20)29-26(31)19-13-14-22-23(16-19)28-24-12-7-5-6-8-15-30(24)27(22)32/h9-11,13-14,16-18H,5-8,12,15H2,1-4H3,(H,29,31). The number of hydrogen-bond acceptors (Lipinski definition) is 3. The van der Waals surface area contributed by atoms with Crippen molar-refractivity contribution in [3.05, 3.63) is 69.3 Å². The van der Waals surface area contributed by atoms with Crippen molar-refractivity contribution < 1.29 is 4.79 Å². The molecule has 1 aliphatic rings. The molecule has 3 aromatic rings. The Morgan fingerprint density at radius 3 is 2.34 bits per heavy atom. The minimum absolute atomic E-state index is 0.00565. The van der Waals surface area contributed by atoms with E-state index in [1.807, 2.05) is 4.57 Å². The van der Waals surface area contributed by atoms with E-state index in [0.29, 0.717) is 28.3 Å². The highest BCUT2D eigenvalue weighted by Gasteiger charge is 2.18. The van der Waals surface area contributed by atoms with Gasteiger partial charge in [-0.2, -0.15) is 0 Å². The topological polar surface area (TPSA) is 64.0 Å². The summed E-state index contributed by atoms with van der Waals surface area (Å²) in [7, 11) is 0.